The lowest BCUT2D eigenvalue weighted by Crippen LogP contribution is -2.38. The fraction of sp³-hybridized carbons (Fsp3) is 0.667. The van der Waals surface area contributed by atoms with Gasteiger partial charge in [0.15, 0.2) is 0 Å². The highest BCUT2D eigenvalue weighted by atomic mass is 32.1. The molecule has 1 aromatic heterocycles. The molecule has 0 saturated heterocycles. The van der Waals surface area contributed by atoms with Crippen LogP contribution >= 0.6 is 11.3 Å². The molecule has 1 aliphatic carbocycles. The molecule has 0 bridgehead atoms. The Hall–Kier alpha value is -0.420. The van der Waals surface area contributed by atoms with Crippen molar-refractivity contribution in [2.45, 2.75) is 31.5 Å². The number of hydrogen-bond acceptors (Lipinski definition) is 4. The third-order valence-corrected chi connectivity index (χ3v) is 3.80. The fourth-order valence-electron chi connectivity index (χ4n) is 1.91. The minimum absolute atomic E-state index is 0.166. The monoisotopic (exact) mass is 240 g/mol. The van der Waals surface area contributed by atoms with E-state index < -0.39 is 0 Å². The molecular formula is C12H20N2OS. The Bertz CT molecular complexity index is 294. The maximum atomic E-state index is 5.68. The van der Waals surface area contributed by atoms with Crippen LogP contribution in [0.5, 0.6) is 0 Å². The first kappa shape index (κ1) is 12.0. The number of ether oxygens (including phenoxy) is 1. The second-order valence-corrected chi connectivity index (χ2v) is 5.17. The lowest BCUT2D eigenvalue weighted by Gasteiger charge is -2.25. The van der Waals surface area contributed by atoms with Gasteiger partial charge >= 0.3 is 0 Å². The number of nitrogens with zero attached hydrogens (tertiary/aromatic N) is 1. The van der Waals surface area contributed by atoms with Crippen molar-refractivity contribution in [2.75, 3.05) is 20.2 Å². The molecule has 3 nitrogen and oxygen atoms in total. The SMILES string of the molecule is COC(CN)CN(Cc1ccsc1)C1CC1. The van der Waals surface area contributed by atoms with E-state index in [1.54, 1.807) is 18.4 Å². The van der Waals surface area contributed by atoms with E-state index in [9.17, 15) is 0 Å². The van der Waals surface area contributed by atoms with Gasteiger partial charge in [0, 0.05) is 32.8 Å². The van der Waals surface area contributed by atoms with Crippen molar-refractivity contribution < 1.29 is 4.74 Å². The summed E-state index contributed by atoms with van der Waals surface area (Å²) in [7, 11) is 1.74. The largest absolute Gasteiger partial charge is 0.379 e. The Morgan fingerprint density at radius 1 is 1.62 bits per heavy atom. The van der Waals surface area contributed by atoms with Crippen LogP contribution in [0.15, 0.2) is 16.8 Å². The van der Waals surface area contributed by atoms with Crippen LogP contribution in [0.25, 0.3) is 0 Å². The van der Waals surface area contributed by atoms with Crippen LogP contribution in [0.3, 0.4) is 0 Å². The summed E-state index contributed by atoms with van der Waals surface area (Å²) in [5.74, 6) is 0. The van der Waals surface area contributed by atoms with Gasteiger partial charge in [-0.3, -0.25) is 4.90 Å². The van der Waals surface area contributed by atoms with Crippen LogP contribution in [0, 0.1) is 0 Å². The fourth-order valence-corrected chi connectivity index (χ4v) is 2.57. The van der Waals surface area contributed by atoms with Gasteiger partial charge in [-0.1, -0.05) is 0 Å². The van der Waals surface area contributed by atoms with Crippen molar-refractivity contribution in [1.82, 2.24) is 4.90 Å². The number of rotatable bonds is 7. The minimum atomic E-state index is 0.166. The summed E-state index contributed by atoms with van der Waals surface area (Å²) < 4.78 is 5.36. The van der Waals surface area contributed by atoms with E-state index in [-0.39, 0.29) is 6.10 Å². The zero-order valence-corrected chi connectivity index (χ0v) is 10.6. The zero-order valence-electron chi connectivity index (χ0n) is 9.76. The average Bonchev–Trinajstić information content (AvgIpc) is 3.03. The molecule has 0 spiro atoms. The predicted molar refractivity (Wildman–Crippen MR) is 67.6 cm³/mol. The van der Waals surface area contributed by atoms with E-state index in [1.807, 2.05) is 0 Å². The van der Waals surface area contributed by atoms with Gasteiger partial charge in [0.05, 0.1) is 6.10 Å². The van der Waals surface area contributed by atoms with Crippen molar-refractivity contribution in [1.29, 1.82) is 0 Å². The first-order valence-corrected chi connectivity index (χ1v) is 6.75. The Balaban J connectivity index is 1.89. The van der Waals surface area contributed by atoms with Crippen LogP contribution in [0.1, 0.15) is 18.4 Å². The first-order valence-electron chi connectivity index (χ1n) is 5.81. The second-order valence-electron chi connectivity index (χ2n) is 4.39. The highest BCUT2D eigenvalue weighted by Crippen LogP contribution is 2.28. The smallest absolute Gasteiger partial charge is 0.0820 e. The van der Waals surface area contributed by atoms with E-state index >= 15 is 0 Å². The number of methoxy groups -OCH3 is 1. The molecule has 2 rings (SSSR count). The molecule has 4 heteroatoms. The van der Waals surface area contributed by atoms with Gasteiger partial charge in [-0.2, -0.15) is 11.3 Å². The van der Waals surface area contributed by atoms with Crippen LogP contribution in [0.4, 0.5) is 0 Å². The molecule has 1 atom stereocenters. The number of thiophene rings is 1. The van der Waals surface area contributed by atoms with Gasteiger partial charge in [-0.05, 0) is 35.2 Å². The Labute approximate surface area is 101 Å². The first-order chi connectivity index (χ1) is 7.83. The quantitative estimate of drug-likeness (QED) is 0.788. The maximum absolute atomic E-state index is 5.68. The van der Waals surface area contributed by atoms with Crippen molar-refractivity contribution in [3.8, 4) is 0 Å². The summed E-state index contributed by atoms with van der Waals surface area (Å²) in [6, 6.07) is 2.95. The zero-order chi connectivity index (χ0) is 11.4. The summed E-state index contributed by atoms with van der Waals surface area (Å²) in [6.07, 6.45) is 2.82. The Kier molecular flexibility index (Phi) is 4.35. The normalized spacial score (nSPS) is 17.9. The topological polar surface area (TPSA) is 38.5 Å². The molecule has 2 N–H and O–H groups in total. The predicted octanol–water partition coefficient (Wildman–Crippen LogP) is 1.69. The van der Waals surface area contributed by atoms with Crippen molar-refractivity contribution >= 4 is 11.3 Å². The molecule has 90 valence electrons. The van der Waals surface area contributed by atoms with Gasteiger partial charge in [-0.25, -0.2) is 0 Å². The van der Waals surface area contributed by atoms with Gasteiger partial charge in [0.1, 0.15) is 0 Å². The molecule has 16 heavy (non-hydrogen) atoms. The summed E-state index contributed by atoms with van der Waals surface area (Å²) in [5, 5.41) is 4.36. The van der Waals surface area contributed by atoms with Crippen molar-refractivity contribution in [3.63, 3.8) is 0 Å². The molecule has 0 radical (unpaired) electrons. The van der Waals surface area contributed by atoms with Gasteiger partial charge in [0.2, 0.25) is 0 Å². The summed E-state index contributed by atoms with van der Waals surface area (Å²) in [5.41, 5.74) is 7.08. The standard InChI is InChI=1S/C12H20N2OS/c1-15-12(6-13)8-14(11-2-3-11)7-10-4-5-16-9-10/h4-5,9,11-12H,2-3,6-8,13H2,1H3. The van der Waals surface area contributed by atoms with E-state index in [2.05, 4.69) is 21.7 Å². The second kappa shape index (κ2) is 5.77. The lowest BCUT2D eigenvalue weighted by atomic mass is 10.2. The highest BCUT2D eigenvalue weighted by molar-refractivity contribution is 7.07. The molecule has 0 amide bonds. The summed E-state index contributed by atoms with van der Waals surface area (Å²) in [6.45, 7) is 2.59. The maximum Gasteiger partial charge on any atom is 0.0820 e. The summed E-state index contributed by atoms with van der Waals surface area (Å²) in [4.78, 5) is 2.50. The lowest BCUT2D eigenvalue weighted by molar-refractivity contribution is 0.0643. The van der Waals surface area contributed by atoms with Gasteiger partial charge < -0.3 is 10.5 Å². The number of nitrogens with two attached hydrogens (primary N) is 1. The third-order valence-electron chi connectivity index (χ3n) is 3.06. The Morgan fingerprint density at radius 2 is 2.44 bits per heavy atom. The Morgan fingerprint density at radius 3 is 2.94 bits per heavy atom. The number of hydrogen-bond donors (Lipinski definition) is 1. The van der Waals surface area contributed by atoms with Crippen LogP contribution in [0.2, 0.25) is 0 Å². The van der Waals surface area contributed by atoms with Crippen LogP contribution in [-0.2, 0) is 11.3 Å². The molecule has 0 aromatic carbocycles. The van der Waals surface area contributed by atoms with E-state index in [0.717, 1.165) is 19.1 Å². The average molecular weight is 240 g/mol. The van der Waals surface area contributed by atoms with Crippen molar-refractivity contribution in [3.05, 3.63) is 22.4 Å². The molecule has 1 aromatic rings. The molecule has 0 aliphatic heterocycles. The third kappa shape index (κ3) is 3.28. The van der Waals surface area contributed by atoms with Gasteiger partial charge in [-0.15, -0.1) is 0 Å². The highest BCUT2D eigenvalue weighted by Gasteiger charge is 2.30. The van der Waals surface area contributed by atoms with E-state index in [1.165, 1.54) is 18.4 Å². The molecule has 1 aliphatic rings. The van der Waals surface area contributed by atoms with E-state index in [4.69, 9.17) is 10.5 Å². The van der Waals surface area contributed by atoms with E-state index in [0.29, 0.717) is 6.54 Å². The molecule has 1 saturated carbocycles. The van der Waals surface area contributed by atoms with Crippen LogP contribution < -0.4 is 5.73 Å². The molecular weight excluding hydrogens is 220 g/mol. The summed E-state index contributed by atoms with van der Waals surface area (Å²) >= 11 is 1.76. The molecule has 1 heterocycles. The van der Waals surface area contributed by atoms with Crippen LogP contribution in [-0.4, -0.2) is 37.2 Å². The van der Waals surface area contributed by atoms with Gasteiger partial charge in [0.25, 0.3) is 0 Å². The molecule has 1 fully saturated rings. The molecule has 1 unspecified atom stereocenters. The van der Waals surface area contributed by atoms with Crippen molar-refractivity contribution in [2.24, 2.45) is 5.73 Å². The minimum Gasteiger partial charge on any atom is -0.379 e.